The quantitative estimate of drug-likeness (QED) is 0.171. The van der Waals surface area contributed by atoms with Crippen LogP contribution in [0.5, 0.6) is 0 Å². The Hall–Kier alpha value is -0.460. The fourth-order valence-electron chi connectivity index (χ4n) is 10.1. The van der Waals surface area contributed by atoms with Gasteiger partial charge in [-0.05, 0) is 112 Å². The van der Waals surface area contributed by atoms with Gasteiger partial charge in [-0.15, -0.1) is 0 Å². The van der Waals surface area contributed by atoms with Gasteiger partial charge in [0.25, 0.3) is 0 Å². The van der Waals surface area contributed by atoms with Crippen LogP contribution in [-0.2, 0) is 0 Å². The monoisotopic (exact) mass is 545 g/mol. The SMILES string of the molecule is CC(C)CCC[C@@H](C)[C@H]1CC[C@H]2C3=C[C@@H](N(CCCN)CCCCN)[C@@]4(O)C[C@@H](O)CC[C@]4(C)[C@H]3CC[C@]12C. The van der Waals surface area contributed by atoms with Crippen molar-refractivity contribution in [2.24, 2.45) is 51.9 Å². The van der Waals surface area contributed by atoms with Crippen LogP contribution in [0.15, 0.2) is 11.6 Å². The predicted molar refractivity (Wildman–Crippen MR) is 163 cm³/mol. The number of allylic oxidation sites excluding steroid dienone is 1. The number of nitrogens with two attached hydrogens (primary N) is 2. The third-order valence-corrected chi connectivity index (χ3v) is 12.4. The maximum Gasteiger partial charge on any atom is 0.0921 e. The smallest absolute Gasteiger partial charge is 0.0921 e. The number of nitrogens with zero attached hydrogens (tertiary/aromatic N) is 1. The minimum atomic E-state index is -0.911. The Morgan fingerprint density at radius 3 is 2.31 bits per heavy atom. The molecule has 0 aliphatic heterocycles. The third-order valence-electron chi connectivity index (χ3n) is 12.4. The molecule has 0 saturated heterocycles. The Bertz CT molecular complexity index is 831. The van der Waals surface area contributed by atoms with E-state index in [1.54, 1.807) is 5.57 Å². The topological polar surface area (TPSA) is 95.7 Å². The van der Waals surface area contributed by atoms with E-state index in [4.69, 9.17) is 11.5 Å². The van der Waals surface area contributed by atoms with Crippen molar-refractivity contribution in [3.05, 3.63) is 11.6 Å². The zero-order valence-electron chi connectivity index (χ0n) is 26.1. The number of unbranched alkanes of at least 4 members (excludes halogenated alkanes) is 1. The van der Waals surface area contributed by atoms with Gasteiger partial charge in [0.05, 0.1) is 17.7 Å². The maximum atomic E-state index is 12.7. The molecule has 5 nitrogen and oxygen atoms in total. The fraction of sp³-hybridized carbons (Fsp3) is 0.941. The summed E-state index contributed by atoms with van der Waals surface area (Å²) in [6, 6.07) is -0.0575. The summed E-state index contributed by atoms with van der Waals surface area (Å²) >= 11 is 0. The van der Waals surface area contributed by atoms with E-state index in [0.717, 1.165) is 62.9 Å². The van der Waals surface area contributed by atoms with E-state index in [-0.39, 0.29) is 11.5 Å². The highest BCUT2D eigenvalue weighted by Gasteiger charge is 2.65. The fourth-order valence-corrected chi connectivity index (χ4v) is 10.1. The largest absolute Gasteiger partial charge is 0.393 e. The van der Waals surface area contributed by atoms with Crippen molar-refractivity contribution in [3.63, 3.8) is 0 Å². The molecule has 0 aromatic carbocycles. The van der Waals surface area contributed by atoms with Crippen molar-refractivity contribution in [2.75, 3.05) is 26.2 Å². The van der Waals surface area contributed by atoms with Crippen LogP contribution in [0.1, 0.15) is 118 Å². The molecule has 9 atom stereocenters. The molecule has 4 aliphatic carbocycles. The van der Waals surface area contributed by atoms with Crippen LogP contribution >= 0.6 is 0 Å². The molecule has 226 valence electrons. The average Bonchev–Trinajstić information content (AvgIpc) is 3.24. The summed E-state index contributed by atoms with van der Waals surface area (Å²) in [4.78, 5) is 2.52. The standard InChI is InChI=1S/C34H63N3O2/c1-24(2)10-8-11-25(3)28-12-13-29-27-22-31(37(21-9-19-36)20-7-6-18-35)34(39)23-26(38)14-17-33(34,5)30(27)15-16-32(28,29)4/h22,24-26,28-31,38-39H,6-21,23,35-36H2,1-5H3/t25-,26+,28-,29+,30+,31-,32-,33-,34+/m1/s1. The molecule has 6 N–H and O–H groups in total. The van der Waals surface area contributed by atoms with Crippen molar-refractivity contribution >= 4 is 0 Å². The molecular formula is C34H63N3O2. The van der Waals surface area contributed by atoms with Gasteiger partial charge in [0.2, 0.25) is 0 Å². The van der Waals surface area contributed by atoms with Gasteiger partial charge >= 0.3 is 0 Å². The molecule has 4 aliphatic rings. The zero-order chi connectivity index (χ0) is 28.4. The van der Waals surface area contributed by atoms with E-state index < -0.39 is 11.7 Å². The van der Waals surface area contributed by atoms with Crippen LogP contribution in [0, 0.1) is 40.4 Å². The van der Waals surface area contributed by atoms with Gasteiger partial charge in [-0.3, -0.25) is 4.90 Å². The van der Waals surface area contributed by atoms with Crippen LogP contribution in [0.3, 0.4) is 0 Å². The molecular weight excluding hydrogens is 482 g/mol. The second kappa shape index (κ2) is 12.8. The third kappa shape index (κ3) is 5.91. The molecule has 4 rings (SSSR count). The number of hydrogen-bond donors (Lipinski definition) is 4. The van der Waals surface area contributed by atoms with E-state index in [2.05, 4.69) is 45.6 Å². The van der Waals surface area contributed by atoms with E-state index in [1.165, 1.54) is 44.9 Å². The lowest BCUT2D eigenvalue weighted by Crippen LogP contribution is -2.69. The van der Waals surface area contributed by atoms with Gasteiger partial charge in [-0.25, -0.2) is 0 Å². The zero-order valence-corrected chi connectivity index (χ0v) is 26.1. The van der Waals surface area contributed by atoms with Gasteiger partial charge < -0.3 is 21.7 Å². The summed E-state index contributed by atoms with van der Waals surface area (Å²) < 4.78 is 0. The highest BCUT2D eigenvalue weighted by molar-refractivity contribution is 5.34. The highest BCUT2D eigenvalue weighted by atomic mass is 16.3. The molecule has 0 unspecified atom stereocenters. The first-order chi connectivity index (χ1) is 18.5. The summed E-state index contributed by atoms with van der Waals surface area (Å²) in [5.41, 5.74) is 12.8. The summed E-state index contributed by atoms with van der Waals surface area (Å²) in [7, 11) is 0. The lowest BCUT2D eigenvalue weighted by molar-refractivity contribution is -0.198. The summed E-state index contributed by atoms with van der Waals surface area (Å²) in [6.07, 6.45) is 16.5. The molecule has 5 heteroatoms. The van der Waals surface area contributed by atoms with Gasteiger partial charge in [-0.2, -0.15) is 0 Å². The number of aliphatic hydroxyl groups is 2. The molecule has 3 fully saturated rings. The molecule has 3 saturated carbocycles. The molecule has 0 radical (unpaired) electrons. The van der Waals surface area contributed by atoms with Crippen molar-refractivity contribution in [1.82, 2.24) is 4.90 Å². The van der Waals surface area contributed by atoms with Crippen LogP contribution in [-0.4, -0.2) is 59.0 Å². The first-order valence-electron chi connectivity index (χ1n) is 16.8. The molecule has 39 heavy (non-hydrogen) atoms. The van der Waals surface area contributed by atoms with Gasteiger partial charge in [0, 0.05) is 18.4 Å². The van der Waals surface area contributed by atoms with Crippen LogP contribution in [0.25, 0.3) is 0 Å². The summed E-state index contributed by atoms with van der Waals surface area (Å²) in [5, 5.41) is 23.6. The van der Waals surface area contributed by atoms with E-state index >= 15 is 0 Å². The molecule has 0 aromatic heterocycles. The lowest BCUT2D eigenvalue weighted by atomic mass is 9.45. The van der Waals surface area contributed by atoms with E-state index in [9.17, 15) is 10.2 Å². The van der Waals surface area contributed by atoms with Gasteiger partial charge in [0.1, 0.15) is 0 Å². The molecule has 0 aromatic rings. The molecule has 0 amide bonds. The first kappa shape index (κ1) is 31.5. The van der Waals surface area contributed by atoms with Crippen molar-refractivity contribution in [2.45, 2.75) is 136 Å². The number of rotatable bonds is 13. The van der Waals surface area contributed by atoms with Crippen LogP contribution in [0.4, 0.5) is 0 Å². The second-order valence-electron chi connectivity index (χ2n) is 15.2. The van der Waals surface area contributed by atoms with Gasteiger partial charge in [-0.1, -0.05) is 65.5 Å². The van der Waals surface area contributed by atoms with Crippen molar-refractivity contribution in [3.8, 4) is 0 Å². The Morgan fingerprint density at radius 2 is 1.62 bits per heavy atom. The predicted octanol–water partition coefficient (Wildman–Crippen LogP) is 5.87. The number of fused-ring (bicyclic) bond motifs is 5. The number of aliphatic hydroxyl groups excluding tert-OH is 1. The number of hydrogen-bond acceptors (Lipinski definition) is 5. The minimum absolute atomic E-state index is 0.0575. The van der Waals surface area contributed by atoms with Crippen molar-refractivity contribution < 1.29 is 10.2 Å². The first-order valence-corrected chi connectivity index (χ1v) is 16.8. The van der Waals surface area contributed by atoms with E-state index in [0.29, 0.717) is 36.8 Å². The van der Waals surface area contributed by atoms with Crippen LogP contribution in [0.2, 0.25) is 0 Å². The molecule has 0 spiro atoms. The molecule has 0 heterocycles. The second-order valence-corrected chi connectivity index (χ2v) is 15.2. The summed E-state index contributed by atoms with van der Waals surface area (Å²) in [6.45, 7) is 15.4. The highest BCUT2D eigenvalue weighted by Crippen LogP contribution is 2.68. The Balaban J connectivity index is 1.68. The Kier molecular flexibility index (Phi) is 10.3. The minimum Gasteiger partial charge on any atom is -0.393 e. The van der Waals surface area contributed by atoms with Crippen LogP contribution < -0.4 is 11.5 Å². The average molecular weight is 546 g/mol. The Morgan fingerprint density at radius 1 is 0.897 bits per heavy atom. The van der Waals surface area contributed by atoms with Gasteiger partial charge in [0.15, 0.2) is 0 Å². The van der Waals surface area contributed by atoms with Crippen molar-refractivity contribution in [1.29, 1.82) is 0 Å². The molecule has 0 bridgehead atoms. The Labute approximate surface area is 240 Å². The lowest BCUT2D eigenvalue weighted by Gasteiger charge is -2.64. The summed E-state index contributed by atoms with van der Waals surface area (Å²) in [5.74, 6) is 3.44. The van der Waals surface area contributed by atoms with E-state index in [1.807, 2.05) is 0 Å². The normalized spacial score (nSPS) is 40.8. The maximum absolute atomic E-state index is 12.7.